The van der Waals surface area contributed by atoms with Crippen molar-refractivity contribution in [2.24, 2.45) is 0 Å². The molecule has 0 saturated carbocycles. The van der Waals surface area contributed by atoms with Gasteiger partial charge < -0.3 is 0 Å². The minimum atomic E-state index is -0.308. The van der Waals surface area contributed by atoms with E-state index in [4.69, 9.17) is 12.2 Å². The van der Waals surface area contributed by atoms with Crippen LogP contribution in [0.25, 0.3) is 0 Å². The van der Waals surface area contributed by atoms with E-state index in [1.165, 1.54) is 23.1 Å². The first-order valence-corrected chi connectivity index (χ1v) is 7.48. The quantitative estimate of drug-likeness (QED) is 0.625. The van der Waals surface area contributed by atoms with Crippen molar-refractivity contribution in [1.29, 1.82) is 0 Å². The number of thiocarbonyl (C=S) groups is 1. The summed E-state index contributed by atoms with van der Waals surface area (Å²) in [6, 6.07) is 1.76. The molecule has 1 aliphatic heterocycles. The second-order valence-electron chi connectivity index (χ2n) is 2.86. The molecule has 4 nitrogen and oxygen atoms in total. The van der Waals surface area contributed by atoms with Crippen LogP contribution in [0.3, 0.4) is 0 Å². The Kier molecular flexibility index (Phi) is 3.82. The van der Waals surface area contributed by atoms with Gasteiger partial charge in [0.15, 0.2) is 4.32 Å². The lowest BCUT2D eigenvalue weighted by molar-refractivity contribution is -0.125. The van der Waals surface area contributed by atoms with Crippen LogP contribution < -0.4 is 5.43 Å². The van der Waals surface area contributed by atoms with E-state index < -0.39 is 0 Å². The van der Waals surface area contributed by atoms with E-state index in [9.17, 15) is 9.59 Å². The van der Waals surface area contributed by atoms with Crippen LogP contribution in [0, 0.1) is 2.88 Å². The maximum atomic E-state index is 11.7. The minimum absolute atomic E-state index is 0.187. The van der Waals surface area contributed by atoms with Crippen molar-refractivity contribution in [2.75, 3.05) is 5.75 Å². The van der Waals surface area contributed by atoms with Gasteiger partial charge in [0, 0.05) is 5.38 Å². The molecule has 1 aromatic heterocycles. The van der Waals surface area contributed by atoms with E-state index >= 15 is 0 Å². The molecule has 0 radical (unpaired) electrons. The number of hydrogen-bond donors (Lipinski definition) is 1. The van der Waals surface area contributed by atoms with E-state index in [2.05, 4.69) is 28.0 Å². The molecular weight excluding hydrogens is 379 g/mol. The van der Waals surface area contributed by atoms with Crippen LogP contribution in [0.1, 0.15) is 10.4 Å². The van der Waals surface area contributed by atoms with Crippen molar-refractivity contribution in [3.8, 4) is 0 Å². The maximum absolute atomic E-state index is 11.7. The van der Waals surface area contributed by atoms with Crippen LogP contribution in [-0.4, -0.2) is 26.9 Å². The molecule has 0 unspecified atom stereocenters. The normalized spacial score (nSPS) is 15.7. The summed E-state index contributed by atoms with van der Waals surface area (Å²) >= 11 is 9.81. The van der Waals surface area contributed by atoms with Gasteiger partial charge in [-0.15, -0.1) is 11.3 Å². The Morgan fingerprint density at radius 1 is 1.62 bits per heavy atom. The summed E-state index contributed by atoms with van der Waals surface area (Å²) in [7, 11) is 0. The molecule has 1 aliphatic rings. The molecule has 0 bridgehead atoms. The standard InChI is InChI=1S/C8H5IN2O2S3/c9-5-1-4(2-15-5)7(13)10-11-6(12)3-16-8(11)14/h1-2H,3H2,(H,10,13). The monoisotopic (exact) mass is 384 g/mol. The number of hydrogen-bond acceptors (Lipinski definition) is 5. The molecule has 0 aliphatic carbocycles. The van der Waals surface area contributed by atoms with E-state index in [0.717, 1.165) is 7.89 Å². The zero-order valence-electron chi connectivity index (χ0n) is 7.73. The van der Waals surface area contributed by atoms with Crippen LogP contribution in [-0.2, 0) is 4.79 Å². The number of nitrogens with one attached hydrogen (secondary N) is 1. The van der Waals surface area contributed by atoms with Gasteiger partial charge in [0.25, 0.3) is 11.8 Å². The molecule has 0 atom stereocenters. The smallest absolute Gasteiger partial charge is 0.271 e. The summed E-state index contributed by atoms with van der Waals surface area (Å²) < 4.78 is 1.41. The van der Waals surface area contributed by atoms with Crippen LogP contribution >= 0.6 is 57.9 Å². The van der Waals surface area contributed by atoms with E-state index in [-0.39, 0.29) is 11.8 Å². The lowest BCUT2D eigenvalue weighted by Gasteiger charge is -2.15. The topological polar surface area (TPSA) is 49.4 Å². The number of amides is 2. The van der Waals surface area contributed by atoms with E-state index in [1.807, 2.05) is 0 Å². The number of hydrazine groups is 1. The highest BCUT2D eigenvalue weighted by Crippen LogP contribution is 2.19. The van der Waals surface area contributed by atoms with Crippen LogP contribution in [0.4, 0.5) is 0 Å². The molecule has 16 heavy (non-hydrogen) atoms. The van der Waals surface area contributed by atoms with Gasteiger partial charge in [-0.05, 0) is 28.7 Å². The molecule has 2 rings (SSSR count). The molecule has 0 spiro atoms. The lowest BCUT2D eigenvalue weighted by Crippen LogP contribution is -2.44. The number of thioether (sulfide) groups is 1. The summed E-state index contributed by atoms with van der Waals surface area (Å²) in [6.07, 6.45) is 0. The predicted molar refractivity (Wildman–Crippen MR) is 76.4 cm³/mol. The number of nitrogens with zero attached hydrogens (tertiary/aromatic N) is 1. The Morgan fingerprint density at radius 3 is 2.88 bits per heavy atom. The average molecular weight is 384 g/mol. The zero-order valence-corrected chi connectivity index (χ0v) is 12.3. The summed E-state index contributed by atoms with van der Waals surface area (Å²) in [5.41, 5.74) is 3.04. The SMILES string of the molecule is O=C(NN1C(=O)CSC1=S)c1csc(I)c1. The van der Waals surface area contributed by atoms with Crippen molar-refractivity contribution in [1.82, 2.24) is 10.4 Å². The molecule has 2 amide bonds. The number of rotatable bonds is 2. The molecule has 1 saturated heterocycles. The summed E-state index contributed by atoms with van der Waals surface area (Å²) in [6.45, 7) is 0. The second-order valence-corrected chi connectivity index (χ2v) is 7.28. The van der Waals surface area contributed by atoms with Crippen LogP contribution in [0.15, 0.2) is 11.4 Å². The van der Waals surface area contributed by atoms with Gasteiger partial charge in [0.2, 0.25) is 0 Å². The van der Waals surface area contributed by atoms with Crippen molar-refractivity contribution >= 4 is 74.0 Å². The Hall–Kier alpha value is -0.190. The van der Waals surface area contributed by atoms with Gasteiger partial charge >= 0.3 is 0 Å². The van der Waals surface area contributed by atoms with E-state index in [0.29, 0.717) is 15.6 Å². The lowest BCUT2D eigenvalue weighted by atomic mass is 10.3. The molecule has 1 aromatic rings. The van der Waals surface area contributed by atoms with Crippen molar-refractivity contribution < 1.29 is 9.59 Å². The van der Waals surface area contributed by atoms with Crippen LogP contribution in [0.2, 0.25) is 0 Å². The molecule has 84 valence electrons. The Bertz CT molecular complexity index is 458. The number of thiophene rings is 1. The third kappa shape index (κ3) is 2.55. The first kappa shape index (κ1) is 12.3. The fourth-order valence-corrected chi connectivity index (χ4v) is 3.36. The Labute approximate surface area is 119 Å². The summed E-state index contributed by atoms with van der Waals surface area (Å²) in [5.74, 6) is -0.203. The summed E-state index contributed by atoms with van der Waals surface area (Å²) in [4.78, 5) is 23.1. The zero-order chi connectivity index (χ0) is 11.7. The first-order chi connectivity index (χ1) is 7.58. The van der Waals surface area contributed by atoms with Gasteiger partial charge in [0.1, 0.15) is 0 Å². The Morgan fingerprint density at radius 2 is 2.38 bits per heavy atom. The molecule has 8 heteroatoms. The summed E-state index contributed by atoms with van der Waals surface area (Å²) in [5, 5.41) is 2.88. The largest absolute Gasteiger partial charge is 0.272 e. The van der Waals surface area contributed by atoms with Gasteiger partial charge in [-0.25, -0.2) is 5.01 Å². The number of halogens is 1. The highest BCUT2D eigenvalue weighted by atomic mass is 127. The average Bonchev–Trinajstić information content (AvgIpc) is 2.79. The maximum Gasteiger partial charge on any atom is 0.271 e. The second kappa shape index (κ2) is 4.98. The van der Waals surface area contributed by atoms with Crippen molar-refractivity contribution in [3.63, 3.8) is 0 Å². The predicted octanol–water partition coefficient (Wildman–Crippen LogP) is 1.86. The van der Waals surface area contributed by atoms with Crippen molar-refractivity contribution in [2.45, 2.75) is 0 Å². The van der Waals surface area contributed by atoms with E-state index in [1.54, 1.807) is 11.4 Å². The molecule has 0 aromatic carbocycles. The van der Waals surface area contributed by atoms with Gasteiger partial charge in [-0.1, -0.05) is 24.0 Å². The fraction of sp³-hybridized carbons (Fsp3) is 0.125. The van der Waals surface area contributed by atoms with Gasteiger partial charge in [-0.3, -0.25) is 15.0 Å². The number of carbonyl (C=O) groups is 2. The third-order valence-corrected chi connectivity index (χ3v) is 4.94. The highest BCUT2D eigenvalue weighted by molar-refractivity contribution is 14.1. The van der Waals surface area contributed by atoms with Gasteiger partial charge in [-0.2, -0.15) is 0 Å². The molecule has 2 heterocycles. The van der Waals surface area contributed by atoms with Crippen molar-refractivity contribution in [3.05, 3.63) is 19.9 Å². The van der Waals surface area contributed by atoms with Gasteiger partial charge in [0.05, 0.1) is 14.2 Å². The minimum Gasteiger partial charge on any atom is -0.272 e. The third-order valence-electron chi connectivity index (χ3n) is 1.79. The number of carbonyl (C=O) groups excluding carboxylic acids is 2. The molecular formula is C8H5IN2O2S3. The molecule has 1 N–H and O–H groups in total. The van der Waals surface area contributed by atoms with Crippen LogP contribution in [0.5, 0.6) is 0 Å². The fourth-order valence-electron chi connectivity index (χ4n) is 1.06. The highest BCUT2D eigenvalue weighted by Gasteiger charge is 2.28. The molecule has 1 fully saturated rings. The first-order valence-electron chi connectivity index (χ1n) is 4.12. The Balaban J connectivity index is 2.08.